The third-order valence-corrected chi connectivity index (χ3v) is 1.25. The van der Waals surface area contributed by atoms with Crippen LogP contribution in [0.3, 0.4) is 0 Å². The molecule has 0 N–H and O–H groups in total. The summed E-state index contributed by atoms with van der Waals surface area (Å²) >= 11 is 0. The van der Waals surface area contributed by atoms with Crippen LogP contribution in [-0.4, -0.2) is 18.7 Å². The molecule has 3 heteroatoms. The predicted octanol–water partition coefficient (Wildman–Crippen LogP) is -0.0585. The van der Waals surface area contributed by atoms with Crippen molar-refractivity contribution >= 4 is 5.97 Å². The molecule has 0 saturated carbocycles. The van der Waals surface area contributed by atoms with E-state index in [0.717, 1.165) is 6.42 Å². The summed E-state index contributed by atoms with van der Waals surface area (Å²) in [6, 6.07) is 0. The fraction of sp³-hybridized carbons (Fsp3) is 0.857. The largest absolute Gasteiger partial charge is 0.550 e. The van der Waals surface area contributed by atoms with Crippen molar-refractivity contribution in [3.63, 3.8) is 0 Å². The molecule has 0 rings (SSSR count). The van der Waals surface area contributed by atoms with E-state index in [1.54, 1.807) is 0 Å². The van der Waals surface area contributed by atoms with Crippen molar-refractivity contribution in [1.82, 2.24) is 0 Å². The van der Waals surface area contributed by atoms with E-state index in [-0.39, 0.29) is 12.5 Å². The Morgan fingerprint density at radius 3 is 2.50 bits per heavy atom. The third kappa shape index (κ3) is 4.32. The molecule has 0 aliphatic heterocycles. The maximum atomic E-state index is 10.1. The molecule has 0 fully saturated rings. The van der Waals surface area contributed by atoms with Crippen LogP contribution >= 0.6 is 0 Å². The number of ether oxygens (including phenoxy) is 1. The smallest absolute Gasteiger partial charge is 0.0624 e. The van der Waals surface area contributed by atoms with Gasteiger partial charge in [0, 0.05) is 19.0 Å². The van der Waals surface area contributed by atoms with Crippen LogP contribution in [-0.2, 0) is 9.53 Å². The lowest BCUT2D eigenvalue weighted by Gasteiger charge is -2.14. The Balaban J connectivity index is 3.49. The van der Waals surface area contributed by atoms with Gasteiger partial charge in [-0.05, 0) is 13.3 Å². The zero-order valence-electron chi connectivity index (χ0n) is 6.42. The van der Waals surface area contributed by atoms with Crippen molar-refractivity contribution in [3.8, 4) is 0 Å². The van der Waals surface area contributed by atoms with E-state index < -0.39 is 5.97 Å². The van der Waals surface area contributed by atoms with Crippen LogP contribution in [0.2, 0.25) is 0 Å². The number of carbonyl (C=O) groups excluding carboxylic acids is 1. The van der Waals surface area contributed by atoms with Gasteiger partial charge >= 0.3 is 0 Å². The normalized spacial score (nSPS) is 13.0. The van der Waals surface area contributed by atoms with E-state index in [0.29, 0.717) is 6.61 Å². The standard InChI is InChI=1S/C7H14O3/c1-3-6(10-4-2)5-7(8)9/h6H,3-5H2,1-2H3,(H,8,9)/p-1. The summed E-state index contributed by atoms with van der Waals surface area (Å²) in [5, 5.41) is 10.1. The average Bonchev–Trinajstić information content (AvgIpc) is 1.86. The molecule has 0 aliphatic rings. The summed E-state index contributed by atoms with van der Waals surface area (Å²) in [5.41, 5.74) is 0. The molecule has 60 valence electrons. The fourth-order valence-electron chi connectivity index (χ4n) is 0.743. The second-order valence-corrected chi connectivity index (χ2v) is 2.06. The third-order valence-electron chi connectivity index (χ3n) is 1.25. The maximum Gasteiger partial charge on any atom is 0.0624 e. The predicted molar refractivity (Wildman–Crippen MR) is 35.3 cm³/mol. The van der Waals surface area contributed by atoms with Crippen molar-refractivity contribution in [3.05, 3.63) is 0 Å². The van der Waals surface area contributed by atoms with Crippen molar-refractivity contribution in [2.45, 2.75) is 32.8 Å². The molecular formula is C7H13O3-. The van der Waals surface area contributed by atoms with Crippen LogP contribution < -0.4 is 5.11 Å². The molecule has 0 bridgehead atoms. The van der Waals surface area contributed by atoms with Gasteiger partial charge < -0.3 is 14.6 Å². The van der Waals surface area contributed by atoms with Crippen LogP contribution in [0.4, 0.5) is 0 Å². The van der Waals surface area contributed by atoms with Crippen LogP contribution in [0, 0.1) is 0 Å². The van der Waals surface area contributed by atoms with Gasteiger partial charge in [-0.15, -0.1) is 0 Å². The van der Waals surface area contributed by atoms with E-state index in [1.807, 2.05) is 13.8 Å². The molecule has 0 spiro atoms. The molecule has 0 aromatic heterocycles. The summed E-state index contributed by atoms with van der Waals surface area (Å²) in [7, 11) is 0. The highest BCUT2D eigenvalue weighted by atomic mass is 16.5. The quantitative estimate of drug-likeness (QED) is 0.544. The zero-order chi connectivity index (χ0) is 7.98. The second kappa shape index (κ2) is 5.23. The minimum atomic E-state index is -1.04. The number of rotatable bonds is 5. The SMILES string of the molecule is CCOC(CC)CC(=O)[O-]. The molecule has 0 heterocycles. The highest BCUT2D eigenvalue weighted by molar-refractivity contribution is 5.64. The maximum absolute atomic E-state index is 10.1. The van der Waals surface area contributed by atoms with Gasteiger partial charge in [0.15, 0.2) is 0 Å². The molecular weight excluding hydrogens is 132 g/mol. The molecule has 0 amide bonds. The number of aliphatic carboxylic acids is 1. The molecule has 0 radical (unpaired) electrons. The summed E-state index contributed by atoms with van der Waals surface area (Å²) in [5.74, 6) is -1.04. The van der Waals surface area contributed by atoms with Crippen molar-refractivity contribution in [2.24, 2.45) is 0 Å². The lowest BCUT2D eigenvalue weighted by Crippen LogP contribution is -2.28. The summed E-state index contributed by atoms with van der Waals surface area (Å²) < 4.78 is 5.08. The number of hydrogen-bond acceptors (Lipinski definition) is 3. The molecule has 10 heavy (non-hydrogen) atoms. The van der Waals surface area contributed by atoms with Gasteiger partial charge in [0.25, 0.3) is 0 Å². The summed E-state index contributed by atoms with van der Waals surface area (Å²) in [6.07, 6.45) is 0.557. The van der Waals surface area contributed by atoms with E-state index >= 15 is 0 Å². The van der Waals surface area contributed by atoms with Gasteiger partial charge in [-0.1, -0.05) is 6.92 Å². The van der Waals surface area contributed by atoms with Gasteiger partial charge in [0.05, 0.1) is 6.10 Å². The van der Waals surface area contributed by atoms with Gasteiger partial charge in [0.2, 0.25) is 0 Å². The molecule has 0 aromatic carbocycles. The first kappa shape index (κ1) is 9.43. The lowest BCUT2D eigenvalue weighted by molar-refractivity contribution is -0.307. The first-order chi connectivity index (χ1) is 4.70. The van der Waals surface area contributed by atoms with Crippen molar-refractivity contribution < 1.29 is 14.6 Å². The Hall–Kier alpha value is -0.570. The summed E-state index contributed by atoms with van der Waals surface area (Å²) in [6.45, 7) is 4.30. The number of carboxylic acid groups (broad SMARTS) is 1. The average molecular weight is 145 g/mol. The molecule has 3 nitrogen and oxygen atoms in total. The van der Waals surface area contributed by atoms with Gasteiger partial charge in [0.1, 0.15) is 0 Å². The molecule has 0 saturated heterocycles. The highest BCUT2D eigenvalue weighted by Gasteiger charge is 2.04. The Kier molecular flexibility index (Phi) is 4.94. The van der Waals surface area contributed by atoms with Crippen LogP contribution in [0.15, 0.2) is 0 Å². The molecule has 0 aromatic rings. The van der Waals surface area contributed by atoms with Gasteiger partial charge in [-0.25, -0.2) is 0 Å². The first-order valence-corrected chi connectivity index (χ1v) is 3.52. The number of hydrogen-bond donors (Lipinski definition) is 0. The Labute approximate surface area is 61.0 Å². The van der Waals surface area contributed by atoms with Gasteiger partial charge in [-0.3, -0.25) is 0 Å². The van der Waals surface area contributed by atoms with E-state index in [1.165, 1.54) is 0 Å². The fourth-order valence-corrected chi connectivity index (χ4v) is 0.743. The van der Waals surface area contributed by atoms with E-state index in [2.05, 4.69) is 0 Å². The zero-order valence-corrected chi connectivity index (χ0v) is 6.42. The number of carboxylic acids is 1. The van der Waals surface area contributed by atoms with Crippen LogP contribution in [0.1, 0.15) is 26.7 Å². The number of carbonyl (C=O) groups is 1. The van der Waals surface area contributed by atoms with Crippen molar-refractivity contribution in [2.75, 3.05) is 6.61 Å². The van der Waals surface area contributed by atoms with E-state index in [4.69, 9.17) is 4.74 Å². The van der Waals surface area contributed by atoms with Crippen molar-refractivity contribution in [1.29, 1.82) is 0 Å². The van der Waals surface area contributed by atoms with Crippen LogP contribution in [0.5, 0.6) is 0 Å². The monoisotopic (exact) mass is 145 g/mol. The molecule has 0 aliphatic carbocycles. The Morgan fingerprint density at radius 2 is 2.20 bits per heavy atom. The van der Waals surface area contributed by atoms with Crippen LogP contribution in [0.25, 0.3) is 0 Å². The topological polar surface area (TPSA) is 49.4 Å². The Morgan fingerprint density at radius 1 is 1.60 bits per heavy atom. The van der Waals surface area contributed by atoms with Gasteiger partial charge in [-0.2, -0.15) is 0 Å². The molecule has 1 unspecified atom stereocenters. The first-order valence-electron chi connectivity index (χ1n) is 3.52. The minimum Gasteiger partial charge on any atom is -0.550 e. The van der Waals surface area contributed by atoms with E-state index in [9.17, 15) is 9.90 Å². The minimum absolute atomic E-state index is 0.00431. The molecule has 1 atom stereocenters. The Bertz CT molecular complexity index is 101. The lowest BCUT2D eigenvalue weighted by atomic mass is 10.2. The highest BCUT2D eigenvalue weighted by Crippen LogP contribution is 2.01. The summed E-state index contributed by atoms with van der Waals surface area (Å²) in [4.78, 5) is 10.1. The second-order valence-electron chi connectivity index (χ2n) is 2.06.